The number of anilines is 2. The fourth-order valence-electron chi connectivity index (χ4n) is 2.72. The lowest BCUT2D eigenvalue weighted by molar-refractivity contribution is -0.122. The van der Waals surface area contributed by atoms with Crippen molar-refractivity contribution in [3.05, 3.63) is 59.9 Å². The Hall–Kier alpha value is -3.20. The maximum absolute atomic E-state index is 13.6. The first kappa shape index (κ1) is 15.7. The van der Waals surface area contributed by atoms with Gasteiger partial charge in [-0.15, -0.1) is 0 Å². The molecule has 1 aliphatic rings. The molecule has 1 atom stereocenters. The Labute approximate surface area is 138 Å². The number of hydrogen-bond donors (Lipinski definition) is 1. The Bertz CT molecular complexity index is 844. The van der Waals surface area contributed by atoms with Gasteiger partial charge in [0.1, 0.15) is 11.9 Å². The van der Waals surface area contributed by atoms with Gasteiger partial charge in [0.2, 0.25) is 11.8 Å². The van der Waals surface area contributed by atoms with Crippen LogP contribution < -0.4 is 10.2 Å². The van der Waals surface area contributed by atoms with Gasteiger partial charge in [-0.2, -0.15) is 5.26 Å². The predicted octanol–water partition coefficient (Wildman–Crippen LogP) is 2.69. The molecule has 0 saturated carbocycles. The van der Waals surface area contributed by atoms with Crippen LogP contribution in [0.1, 0.15) is 12.0 Å². The molecular weight excluding hydrogens is 309 g/mol. The molecule has 0 aromatic heterocycles. The molecule has 2 aromatic rings. The summed E-state index contributed by atoms with van der Waals surface area (Å²) in [6.07, 6.45) is 0.0278. The first-order valence-corrected chi connectivity index (χ1v) is 7.45. The Morgan fingerprint density at radius 2 is 1.92 bits per heavy atom. The van der Waals surface area contributed by atoms with Crippen molar-refractivity contribution in [2.24, 2.45) is 5.92 Å². The number of nitrogens with one attached hydrogen (secondary N) is 1. The molecule has 3 rings (SSSR count). The van der Waals surface area contributed by atoms with E-state index in [9.17, 15) is 14.0 Å². The lowest BCUT2D eigenvalue weighted by Crippen LogP contribution is -2.28. The van der Waals surface area contributed by atoms with Gasteiger partial charge < -0.3 is 10.2 Å². The SMILES string of the molecule is N#Cc1ccccc1N1CC(C(=O)Nc2ccccc2F)CC1=O. The quantitative estimate of drug-likeness (QED) is 0.944. The van der Waals surface area contributed by atoms with E-state index >= 15 is 0 Å². The van der Waals surface area contributed by atoms with E-state index in [0.29, 0.717) is 11.3 Å². The van der Waals surface area contributed by atoms with Crippen LogP contribution in [0.25, 0.3) is 0 Å². The van der Waals surface area contributed by atoms with Gasteiger partial charge in [0.05, 0.1) is 22.9 Å². The van der Waals surface area contributed by atoms with Crippen molar-refractivity contribution < 1.29 is 14.0 Å². The van der Waals surface area contributed by atoms with Crippen molar-refractivity contribution in [1.82, 2.24) is 0 Å². The molecule has 0 bridgehead atoms. The minimum atomic E-state index is -0.594. The Morgan fingerprint density at radius 3 is 2.67 bits per heavy atom. The first-order valence-electron chi connectivity index (χ1n) is 7.45. The van der Waals surface area contributed by atoms with E-state index in [4.69, 9.17) is 5.26 Å². The summed E-state index contributed by atoms with van der Waals surface area (Å²) in [7, 11) is 0. The average molecular weight is 323 g/mol. The van der Waals surface area contributed by atoms with E-state index in [-0.39, 0.29) is 24.6 Å². The molecule has 5 nitrogen and oxygen atoms in total. The maximum Gasteiger partial charge on any atom is 0.229 e. The van der Waals surface area contributed by atoms with E-state index in [2.05, 4.69) is 5.32 Å². The molecule has 24 heavy (non-hydrogen) atoms. The van der Waals surface area contributed by atoms with E-state index < -0.39 is 17.6 Å². The Balaban J connectivity index is 1.76. The smallest absolute Gasteiger partial charge is 0.229 e. The first-order chi connectivity index (χ1) is 11.6. The van der Waals surface area contributed by atoms with Gasteiger partial charge in [-0.3, -0.25) is 9.59 Å². The lowest BCUT2D eigenvalue weighted by atomic mass is 10.1. The number of rotatable bonds is 3. The molecule has 1 saturated heterocycles. The van der Waals surface area contributed by atoms with Crippen LogP contribution in [0.2, 0.25) is 0 Å². The molecule has 1 heterocycles. The summed E-state index contributed by atoms with van der Waals surface area (Å²) in [6.45, 7) is 0.164. The van der Waals surface area contributed by atoms with Gasteiger partial charge in [0.15, 0.2) is 0 Å². The van der Waals surface area contributed by atoms with Crippen molar-refractivity contribution in [1.29, 1.82) is 5.26 Å². The Kier molecular flexibility index (Phi) is 4.25. The summed E-state index contributed by atoms with van der Waals surface area (Å²) in [4.78, 5) is 26.0. The molecule has 6 heteroatoms. The molecule has 1 aliphatic heterocycles. The number of nitriles is 1. The molecule has 0 radical (unpaired) electrons. The van der Waals surface area contributed by atoms with E-state index in [1.807, 2.05) is 6.07 Å². The van der Waals surface area contributed by atoms with Crippen molar-refractivity contribution in [2.75, 3.05) is 16.8 Å². The molecule has 1 N–H and O–H groups in total. The molecule has 120 valence electrons. The van der Waals surface area contributed by atoms with Gasteiger partial charge in [-0.1, -0.05) is 24.3 Å². The molecule has 0 aliphatic carbocycles. The number of halogens is 1. The summed E-state index contributed by atoms with van der Waals surface area (Å²) < 4.78 is 13.6. The van der Waals surface area contributed by atoms with Crippen LogP contribution in [0.5, 0.6) is 0 Å². The number of carbonyl (C=O) groups is 2. The number of carbonyl (C=O) groups excluding carboxylic acids is 2. The summed E-state index contributed by atoms with van der Waals surface area (Å²) in [5.74, 6) is -1.76. The van der Waals surface area contributed by atoms with Gasteiger partial charge in [-0.25, -0.2) is 4.39 Å². The molecule has 2 aromatic carbocycles. The largest absolute Gasteiger partial charge is 0.323 e. The van der Waals surface area contributed by atoms with Gasteiger partial charge in [0, 0.05) is 13.0 Å². The lowest BCUT2D eigenvalue weighted by Gasteiger charge is -2.18. The summed E-state index contributed by atoms with van der Waals surface area (Å²) in [5.41, 5.74) is 0.957. The topological polar surface area (TPSA) is 73.2 Å². The minimum absolute atomic E-state index is 0.0278. The summed E-state index contributed by atoms with van der Waals surface area (Å²) in [5, 5.41) is 11.7. The number of benzene rings is 2. The van der Waals surface area contributed by atoms with E-state index in [1.165, 1.54) is 23.1 Å². The second-order valence-corrected chi connectivity index (χ2v) is 5.50. The Morgan fingerprint density at radius 1 is 1.21 bits per heavy atom. The minimum Gasteiger partial charge on any atom is -0.323 e. The third-order valence-corrected chi connectivity index (χ3v) is 3.94. The fourth-order valence-corrected chi connectivity index (χ4v) is 2.72. The van der Waals surface area contributed by atoms with E-state index in [1.54, 1.807) is 30.3 Å². The number of amides is 2. The van der Waals surface area contributed by atoms with Crippen LogP contribution in [-0.4, -0.2) is 18.4 Å². The second-order valence-electron chi connectivity index (χ2n) is 5.50. The molecule has 0 spiro atoms. The van der Waals surface area contributed by atoms with Gasteiger partial charge >= 0.3 is 0 Å². The van der Waals surface area contributed by atoms with Crippen LogP contribution in [0.4, 0.5) is 15.8 Å². The second kappa shape index (κ2) is 6.50. The summed E-state index contributed by atoms with van der Waals surface area (Å²) >= 11 is 0. The number of para-hydroxylation sites is 2. The fraction of sp³-hybridized carbons (Fsp3) is 0.167. The third kappa shape index (κ3) is 2.97. The maximum atomic E-state index is 13.6. The van der Waals surface area contributed by atoms with Crippen LogP contribution >= 0.6 is 0 Å². The zero-order valence-corrected chi connectivity index (χ0v) is 12.7. The van der Waals surface area contributed by atoms with Crippen LogP contribution in [0, 0.1) is 23.1 Å². The number of nitrogens with zero attached hydrogens (tertiary/aromatic N) is 2. The van der Waals surface area contributed by atoms with Crippen LogP contribution in [0.3, 0.4) is 0 Å². The van der Waals surface area contributed by atoms with E-state index in [0.717, 1.165) is 0 Å². The molecular formula is C18H14FN3O2. The van der Waals surface area contributed by atoms with Crippen LogP contribution in [0.15, 0.2) is 48.5 Å². The van der Waals surface area contributed by atoms with Crippen molar-refractivity contribution in [2.45, 2.75) is 6.42 Å². The zero-order valence-electron chi connectivity index (χ0n) is 12.7. The third-order valence-electron chi connectivity index (χ3n) is 3.94. The highest BCUT2D eigenvalue weighted by molar-refractivity contribution is 6.04. The standard InChI is InChI=1S/C18H14FN3O2/c19-14-6-2-3-7-15(14)21-18(24)13-9-17(23)22(11-13)16-8-4-1-5-12(16)10-20/h1-8,13H,9,11H2,(H,21,24). The highest BCUT2D eigenvalue weighted by Crippen LogP contribution is 2.28. The van der Waals surface area contributed by atoms with Crippen molar-refractivity contribution in [3.8, 4) is 6.07 Å². The van der Waals surface area contributed by atoms with Crippen molar-refractivity contribution in [3.63, 3.8) is 0 Å². The highest BCUT2D eigenvalue weighted by atomic mass is 19.1. The monoisotopic (exact) mass is 323 g/mol. The normalized spacial score (nSPS) is 16.8. The predicted molar refractivity (Wildman–Crippen MR) is 86.6 cm³/mol. The van der Waals surface area contributed by atoms with Gasteiger partial charge in [0.25, 0.3) is 0 Å². The number of hydrogen-bond acceptors (Lipinski definition) is 3. The zero-order chi connectivity index (χ0) is 17.1. The van der Waals surface area contributed by atoms with Crippen molar-refractivity contribution >= 4 is 23.2 Å². The summed E-state index contributed by atoms with van der Waals surface area (Å²) in [6, 6.07) is 14.7. The molecule has 2 amide bonds. The molecule has 1 unspecified atom stereocenters. The average Bonchev–Trinajstić information content (AvgIpc) is 2.98. The van der Waals surface area contributed by atoms with Crippen LogP contribution in [-0.2, 0) is 9.59 Å². The highest BCUT2D eigenvalue weighted by Gasteiger charge is 2.36. The van der Waals surface area contributed by atoms with Gasteiger partial charge in [-0.05, 0) is 24.3 Å². The molecule has 1 fully saturated rings.